The van der Waals surface area contributed by atoms with E-state index in [9.17, 15) is 22.8 Å². The molecule has 0 radical (unpaired) electrons. The second-order valence-corrected chi connectivity index (χ2v) is 8.22. The molecule has 7 nitrogen and oxygen atoms in total. The zero-order valence-electron chi connectivity index (χ0n) is 18.5. The number of nitrogens with two attached hydrogens (primary N) is 1. The summed E-state index contributed by atoms with van der Waals surface area (Å²) in [7, 11) is 0. The normalized spacial score (nSPS) is 16.9. The number of likely N-dealkylation sites (tertiary alicyclic amines) is 1. The summed E-state index contributed by atoms with van der Waals surface area (Å²) >= 11 is 0. The quantitative estimate of drug-likeness (QED) is 0.317. The van der Waals surface area contributed by atoms with E-state index in [1.807, 2.05) is 4.57 Å². The first kappa shape index (κ1) is 23.3. The number of hydrogen-bond donors (Lipinski definition) is 1. The number of rotatable bonds is 4. The zero-order chi connectivity index (χ0) is 25.6. The van der Waals surface area contributed by atoms with Crippen LogP contribution in [0, 0.1) is 40.5 Å². The third-order valence-electron chi connectivity index (χ3n) is 6.04. The average Bonchev–Trinajstić information content (AvgIpc) is 3.43. The lowest BCUT2D eigenvalue weighted by molar-refractivity contribution is 0.365. The van der Waals surface area contributed by atoms with Gasteiger partial charge in [0.2, 0.25) is 17.4 Å². The van der Waals surface area contributed by atoms with Gasteiger partial charge in [-0.05, 0) is 18.6 Å². The number of halogens is 5. The molecule has 2 aliphatic rings. The van der Waals surface area contributed by atoms with Crippen LogP contribution in [0.4, 0.5) is 27.8 Å². The van der Waals surface area contributed by atoms with E-state index in [2.05, 4.69) is 16.2 Å². The summed E-state index contributed by atoms with van der Waals surface area (Å²) in [5.74, 6) is -8.74. The van der Waals surface area contributed by atoms with Crippen molar-refractivity contribution in [3.05, 3.63) is 65.1 Å². The first-order chi connectivity index (χ1) is 17.3. The third-order valence-corrected chi connectivity index (χ3v) is 6.04. The van der Waals surface area contributed by atoms with Gasteiger partial charge < -0.3 is 19.9 Å². The molecule has 5 rings (SSSR count). The number of aromatic nitrogens is 1. The molecule has 1 saturated heterocycles. The summed E-state index contributed by atoms with van der Waals surface area (Å²) in [6, 6.07) is 3.25. The molecule has 3 heterocycles. The molecule has 1 aromatic heterocycles. The predicted octanol–water partition coefficient (Wildman–Crippen LogP) is 4.79. The zero-order valence-corrected chi connectivity index (χ0v) is 18.5. The van der Waals surface area contributed by atoms with Gasteiger partial charge in [-0.15, -0.1) is 0 Å². The molecular formula is C24H17F5N6O. The van der Waals surface area contributed by atoms with E-state index in [0.717, 1.165) is 6.07 Å². The minimum atomic E-state index is -1.74. The Kier molecular flexibility index (Phi) is 5.83. The number of aliphatic imine (C=N–C) groups is 2. The van der Waals surface area contributed by atoms with E-state index < -0.39 is 34.8 Å². The molecule has 0 spiro atoms. The van der Waals surface area contributed by atoms with Crippen LogP contribution in [0.5, 0.6) is 11.5 Å². The molecule has 3 aromatic rings. The standard InChI is InChI=1S/C24H17F5N6O/c25-16-7-13(36-22-20(28)17(26)8-18(27)21(22)29)1-2-14(16)15-10-35(12-3-6-34(9-12)11-30)24-19(15)23(31)32-4-5-33-24/h1-2,5,7-8,10,12H,3-4,6,9H2,(H2,31,32)/t12-/m1/s1. The lowest BCUT2D eigenvalue weighted by Gasteiger charge is -2.14. The molecule has 0 unspecified atom stereocenters. The summed E-state index contributed by atoms with van der Waals surface area (Å²) in [5, 5.41) is 9.22. The fraction of sp³-hybridized carbons (Fsp3) is 0.208. The number of hydrogen-bond acceptors (Lipinski definition) is 6. The highest BCUT2D eigenvalue weighted by Crippen LogP contribution is 2.40. The van der Waals surface area contributed by atoms with Crippen molar-refractivity contribution >= 4 is 17.9 Å². The van der Waals surface area contributed by atoms with Crippen molar-refractivity contribution in [2.75, 3.05) is 19.6 Å². The van der Waals surface area contributed by atoms with Crippen molar-refractivity contribution in [2.45, 2.75) is 12.5 Å². The average molecular weight is 500 g/mol. The van der Waals surface area contributed by atoms with Crippen LogP contribution in [-0.2, 0) is 0 Å². The minimum Gasteiger partial charge on any atom is -0.451 e. The minimum absolute atomic E-state index is 0.0478. The van der Waals surface area contributed by atoms with Gasteiger partial charge in [0.1, 0.15) is 23.2 Å². The first-order valence-electron chi connectivity index (χ1n) is 10.8. The summed E-state index contributed by atoms with van der Waals surface area (Å²) in [6.07, 6.45) is 6.02. The van der Waals surface area contributed by atoms with E-state index in [-0.39, 0.29) is 35.8 Å². The lowest BCUT2D eigenvalue weighted by Crippen LogP contribution is -2.16. The van der Waals surface area contributed by atoms with Crippen molar-refractivity contribution in [3.63, 3.8) is 0 Å². The number of amidine groups is 1. The van der Waals surface area contributed by atoms with Crippen LogP contribution >= 0.6 is 0 Å². The smallest absolute Gasteiger partial charge is 0.204 e. The van der Waals surface area contributed by atoms with Crippen molar-refractivity contribution < 1.29 is 26.7 Å². The largest absolute Gasteiger partial charge is 0.451 e. The molecule has 1 atom stereocenters. The molecule has 36 heavy (non-hydrogen) atoms. The van der Waals surface area contributed by atoms with Crippen molar-refractivity contribution in [3.8, 4) is 28.8 Å². The Morgan fingerprint density at radius 3 is 2.44 bits per heavy atom. The van der Waals surface area contributed by atoms with E-state index in [4.69, 9.17) is 10.5 Å². The van der Waals surface area contributed by atoms with E-state index in [1.54, 1.807) is 17.3 Å². The van der Waals surface area contributed by atoms with E-state index in [1.165, 1.54) is 12.1 Å². The molecule has 1 fully saturated rings. The maximum absolute atomic E-state index is 15.3. The molecule has 2 aromatic carbocycles. The molecule has 0 amide bonds. The van der Waals surface area contributed by atoms with Gasteiger partial charge in [0.05, 0.1) is 18.2 Å². The number of nitrogens with zero attached hydrogens (tertiary/aromatic N) is 5. The molecule has 0 saturated carbocycles. The lowest BCUT2D eigenvalue weighted by atomic mass is 10.0. The van der Waals surface area contributed by atoms with Crippen LogP contribution in [0.3, 0.4) is 0 Å². The Balaban J connectivity index is 1.56. The Labute approximate surface area is 201 Å². The second-order valence-electron chi connectivity index (χ2n) is 8.22. The fourth-order valence-electron chi connectivity index (χ4n) is 4.32. The van der Waals surface area contributed by atoms with Gasteiger partial charge in [0.15, 0.2) is 17.8 Å². The highest BCUT2D eigenvalue weighted by atomic mass is 19.2. The van der Waals surface area contributed by atoms with Gasteiger partial charge >= 0.3 is 0 Å². The third kappa shape index (κ3) is 3.92. The van der Waals surface area contributed by atoms with Crippen molar-refractivity contribution in [1.82, 2.24) is 9.47 Å². The van der Waals surface area contributed by atoms with Crippen LogP contribution in [0.25, 0.3) is 11.1 Å². The highest BCUT2D eigenvalue weighted by molar-refractivity contribution is 6.09. The molecule has 12 heteroatoms. The summed E-state index contributed by atoms with van der Waals surface area (Å²) < 4.78 is 77.1. The van der Waals surface area contributed by atoms with Gasteiger partial charge in [0, 0.05) is 48.8 Å². The van der Waals surface area contributed by atoms with Gasteiger partial charge in [-0.3, -0.25) is 4.99 Å². The van der Waals surface area contributed by atoms with E-state index >= 15 is 4.39 Å². The number of ether oxygens (including phenoxy) is 1. The molecule has 0 bridgehead atoms. The van der Waals surface area contributed by atoms with Gasteiger partial charge in [0.25, 0.3) is 0 Å². The number of nitriles is 1. The topological polar surface area (TPSA) is 91.9 Å². The first-order valence-corrected chi connectivity index (χ1v) is 10.8. The van der Waals surface area contributed by atoms with Crippen LogP contribution in [-0.4, -0.2) is 41.2 Å². The van der Waals surface area contributed by atoms with Crippen LogP contribution < -0.4 is 10.5 Å². The van der Waals surface area contributed by atoms with E-state index in [0.29, 0.717) is 36.5 Å². The Bertz CT molecular complexity index is 1450. The highest BCUT2D eigenvalue weighted by Gasteiger charge is 2.30. The SMILES string of the molecule is N#CN1CC[C@@H](n2cc(-c3ccc(Oc4c(F)c(F)cc(F)c4F)cc3F)c3c2N=CCN=C3N)C1. The molecular weight excluding hydrogens is 483 g/mol. The molecule has 0 aliphatic carbocycles. The van der Waals surface area contributed by atoms with Crippen LogP contribution in [0.2, 0.25) is 0 Å². The maximum Gasteiger partial charge on any atom is 0.204 e. The van der Waals surface area contributed by atoms with Gasteiger partial charge in [-0.25, -0.2) is 18.2 Å². The van der Waals surface area contributed by atoms with Gasteiger partial charge in [-0.2, -0.15) is 14.0 Å². The monoisotopic (exact) mass is 500 g/mol. The maximum atomic E-state index is 15.3. The van der Waals surface area contributed by atoms with Gasteiger partial charge in [-0.1, -0.05) is 0 Å². The Morgan fingerprint density at radius 1 is 1.03 bits per heavy atom. The molecule has 184 valence electrons. The number of benzene rings is 2. The number of fused-ring (bicyclic) bond motifs is 1. The fourth-order valence-corrected chi connectivity index (χ4v) is 4.32. The Morgan fingerprint density at radius 2 is 1.78 bits per heavy atom. The second kappa shape index (κ2) is 8.99. The van der Waals surface area contributed by atoms with Crippen LogP contribution in [0.15, 0.2) is 40.4 Å². The Hall–Kier alpha value is -4.40. The summed E-state index contributed by atoms with van der Waals surface area (Å²) in [5.41, 5.74) is 7.01. The van der Waals surface area contributed by atoms with Crippen LogP contribution in [0.1, 0.15) is 18.0 Å². The molecule has 2 N–H and O–H groups in total. The summed E-state index contributed by atoms with van der Waals surface area (Å²) in [6.45, 7) is 1.23. The molecule has 2 aliphatic heterocycles. The van der Waals surface area contributed by atoms with Crippen molar-refractivity contribution in [1.29, 1.82) is 5.26 Å². The predicted molar refractivity (Wildman–Crippen MR) is 121 cm³/mol. The van der Waals surface area contributed by atoms with Crippen molar-refractivity contribution in [2.24, 2.45) is 15.7 Å². The summed E-state index contributed by atoms with van der Waals surface area (Å²) in [4.78, 5) is 10.3.